The molecule has 17 heavy (non-hydrogen) atoms. The van der Waals surface area contributed by atoms with E-state index in [2.05, 4.69) is 30.4 Å². The third kappa shape index (κ3) is 5.84. The lowest BCUT2D eigenvalue weighted by Gasteiger charge is -2.05. The number of hydrogen-bond donors (Lipinski definition) is 1. The van der Waals surface area contributed by atoms with Gasteiger partial charge in [-0.3, -0.25) is 0 Å². The average Bonchev–Trinajstić information content (AvgIpc) is 2.29. The van der Waals surface area contributed by atoms with Crippen LogP contribution in [0, 0.1) is 6.92 Å². The Morgan fingerprint density at radius 2 is 2.00 bits per heavy atom. The maximum atomic E-state index is 11.2. The molecule has 0 saturated carbocycles. The number of sulfone groups is 1. The molecular weight excluding hydrogens is 234 g/mol. The molecule has 0 atom stereocenters. The average molecular weight is 255 g/mol. The summed E-state index contributed by atoms with van der Waals surface area (Å²) in [7, 11) is -2.83. The van der Waals surface area contributed by atoms with Crippen LogP contribution in [0.4, 0.5) is 0 Å². The molecule has 0 saturated heterocycles. The van der Waals surface area contributed by atoms with Gasteiger partial charge in [-0.15, -0.1) is 0 Å². The number of hydrogen-bond acceptors (Lipinski definition) is 3. The van der Waals surface area contributed by atoms with Crippen LogP contribution in [-0.2, 0) is 16.3 Å². The van der Waals surface area contributed by atoms with Gasteiger partial charge in [0.25, 0.3) is 0 Å². The quantitative estimate of drug-likeness (QED) is 0.752. The molecule has 0 amide bonds. The van der Waals surface area contributed by atoms with Crippen LogP contribution in [0.5, 0.6) is 0 Å². The number of nitrogens with one attached hydrogen (secondary N) is 1. The first-order valence-electron chi connectivity index (χ1n) is 6.00. The predicted molar refractivity (Wildman–Crippen MR) is 72.1 cm³/mol. The Morgan fingerprint density at radius 1 is 1.24 bits per heavy atom. The first-order valence-corrected chi connectivity index (χ1v) is 7.82. The smallest absolute Gasteiger partial charge is 0.151 e. The summed E-state index contributed by atoms with van der Waals surface area (Å²) in [5, 5.41) is 3.16. The highest BCUT2D eigenvalue weighted by Crippen LogP contribution is 2.03. The second-order valence-corrected chi connectivity index (χ2v) is 6.70. The van der Waals surface area contributed by atoms with Crippen LogP contribution >= 0.6 is 0 Å². The maximum absolute atomic E-state index is 11.2. The van der Waals surface area contributed by atoms with E-state index in [4.69, 9.17) is 0 Å². The van der Waals surface area contributed by atoms with Crippen molar-refractivity contribution in [2.45, 2.75) is 20.3 Å². The monoisotopic (exact) mass is 255 g/mol. The molecule has 0 bridgehead atoms. The highest BCUT2D eigenvalue weighted by Gasteiger charge is 2.05. The van der Waals surface area contributed by atoms with Crippen molar-refractivity contribution in [3.8, 4) is 0 Å². The topological polar surface area (TPSA) is 46.2 Å². The molecule has 4 heteroatoms. The third-order valence-electron chi connectivity index (χ3n) is 2.70. The largest absolute Gasteiger partial charge is 0.315 e. The van der Waals surface area contributed by atoms with E-state index in [9.17, 15) is 8.42 Å². The van der Waals surface area contributed by atoms with Crippen molar-refractivity contribution >= 4 is 9.84 Å². The molecule has 0 aromatic heterocycles. The molecule has 0 unspecified atom stereocenters. The van der Waals surface area contributed by atoms with Crippen molar-refractivity contribution in [1.29, 1.82) is 0 Å². The third-order valence-corrected chi connectivity index (χ3v) is 4.41. The minimum Gasteiger partial charge on any atom is -0.315 e. The fraction of sp³-hybridized carbons (Fsp3) is 0.538. The van der Waals surface area contributed by atoms with Crippen molar-refractivity contribution in [3.63, 3.8) is 0 Å². The van der Waals surface area contributed by atoms with Crippen LogP contribution in [-0.4, -0.2) is 33.0 Å². The van der Waals surface area contributed by atoms with E-state index in [1.807, 2.05) is 6.07 Å². The molecule has 0 aliphatic carbocycles. The highest BCUT2D eigenvalue weighted by atomic mass is 32.2. The first-order chi connectivity index (χ1) is 8.03. The van der Waals surface area contributed by atoms with Gasteiger partial charge in [-0.05, 0) is 25.5 Å². The Hall–Kier alpha value is -0.870. The van der Waals surface area contributed by atoms with Gasteiger partial charge in [0.1, 0.15) is 0 Å². The van der Waals surface area contributed by atoms with Crippen molar-refractivity contribution in [1.82, 2.24) is 5.32 Å². The van der Waals surface area contributed by atoms with E-state index in [-0.39, 0.29) is 11.5 Å². The van der Waals surface area contributed by atoms with Crippen molar-refractivity contribution in [3.05, 3.63) is 35.4 Å². The lowest BCUT2D eigenvalue weighted by molar-refractivity contribution is 0.592. The highest BCUT2D eigenvalue weighted by molar-refractivity contribution is 7.91. The van der Waals surface area contributed by atoms with Gasteiger partial charge >= 0.3 is 0 Å². The second kappa shape index (κ2) is 6.77. The lowest BCUT2D eigenvalue weighted by Crippen LogP contribution is -2.25. The fourth-order valence-electron chi connectivity index (χ4n) is 1.60. The van der Waals surface area contributed by atoms with E-state index in [0.717, 1.165) is 13.0 Å². The van der Waals surface area contributed by atoms with E-state index in [1.165, 1.54) is 11.1 Å². The molecule has 0 aliphatic rings. The van der Waals surface area contributed by atoms with Gasteiger partial charge in [-0.2, -0.15) is 0 Å². The molecule has 0 fully saturated rings. The van der Waals surface area contributed by atoms with Crippen molar-refractivity contribution < 1.29 is 8.42 Å². The lowest BCUT2D eigenvalue weighted by atomic mass is 10.1. The van der Waals surface area contributed by atoms with E-state index < -0.39 is 9.84 Å². The molecule has 3 nitrogen and oxygen atoms in total. The molecule has 1 aromatic rings. The van der Waals surface area contributed by atoms with Crippen LogP contribution < -0.4 is 5.32 Å². The minimum atomic E-state index is -2.83. The molecule has 0 radical (unpaired) electrons. The molecule has 0 spiro atoms. The number of aryl methyl sites for hydroxylation is 1. The van der Waals surface area contributed by atoms with Gasteiger partial charge in [0.15, 0.2) is 9.84 Å². The Labute approximate surface area is 104 Å². The van der Waals surface area contributed by atoms with E-state index >= 15 is 0 Å². The Balaban J connectivity index is 2.21. The normalized spacial score (nSPS) is 11.6. The second-order valence-electron chi connectivity index (χ2n) is 4.23. The Bertz CT molecular complexity index is 440. The zero-order valence-corrected chi connectivity index (χ0v) is 11.4. The van der Waals surface area contributed by atoms with Crippen LogP contribution in [0.2, 0.25) is 0 Å². The summed E-state index contributed by atoms with van der Waals surface area (Å²) in [6.07, 6.45) is 0.938. The summed E-state index contributed by atoms with van der Waals surface area (Å²) in [6.45, 7) is 5.12. The number of rotatable bonds is 7. The molecule has 0 heterocycles. The van der Waals surface area contributed by atoms with Gasteiger partial charge in [-0.1, -0.05) is 36.8 Å². The van der Waals surface area contributed by atoms with Gasteiger partial charge in [0, 0.05) is 12.3 Å². The summed E-state index contributed by atoms with van der Waals surface area (Å²) >= 11 is 0. The fourth-order valence-corrected chi connectivity index (χ4v) is 2.34. The first kappa shape index (κ1) is 14.2. The van der Waals surface area contributed by atoms with E-state index in [0.29, 0.717) is 6.54 Å². The molecule has 1 aromatic carbocycles. The van der Waals surface area contributed by atoms with Gasteiger partial charge < -0.3 is 5.32 Å². The Morgan fingerprint density at radius 3 is 2.65 bits per heavy atom. The van der Waals surface area contributed by atoms with Crippen LogP contribution in [0.3, 0.4) is 0 Å². The maximum Gasteiger partial charge on any atom is 0.151 e. The molecular formula is C13H21NO2S. The summed E-state index contributed by atoms with van der Waals surface area (Å²) < 4.78 is 22.5. The summed E-state index contributed by atoms with van der Waals surface area (Å²) in [5.74, 6) is 0.462. The SMILES string of the molecule is CCS(=O)(=O)CCNCCc1cccc(C)c1. The van der Waals surface area contributed by atoms with Gasteiger partial charge in [0.2, 0.25) is 0 Å². The van der Waals surface area contributed by atoms with Crippen LogP contribution in [0.15, 0.2) is 24.3 Å². The Kier molecular flexibility index (Phi) is 5.65. The minimum absolute atomic E-state index is 0.229. The van der Waals surface area contributed by atoms with Gasteiger partial charge in [-0.25, -0.2) is 8.42 Å². The summed E-state index contributed by atoms with van der Waals surface area (Å²) in [6, 6.07) is 8.37. The molecule has 0 aliphatic heterocycles. The van der Waals surface area contributed by atoms with Crippen molar-refractivity contribution in [2.24, 2.45) is 0 Å². The molecule has 1 rings (SSSR count). The van der Waals surface area contributed by atoms with Gasteiger partial charge in [0.05, 0.1) is 5.75 Å². The predicted octanol–water partition coefficient (Wildman–Crippen LogP) is 1.56. The zero-order valence-electron chi connectivity index (χ0n) is 10.6. The summed E-state index contributed by atoms with van der Waals surface area (Å²) in [4.78, 5) is 0. The molecule has 96 valence electrons. The molecule has 1 N–H and O–H groups in total. The zero-order chi connectivity index (χ0) is 12.7. The summed E-state index contributed by atoms with van der Waals surface area (Å²) in [5.41, 5.74) is 2.55. The van der Waals surface area contributed by atoms with E-state index in [1.54, 1.807) is 6.92 Å². The standard InChI is InChI=1S/C13H21NO2S/c1-3-17(15,16)10-9-14-8-7-13-6-4-5-12(2)11-13/h4-6,11,14H,3,7-10H2,1-2H3. The van der Waals surface area contributed by atoms with Crippen LogP contribution in [0.25, 0.3) is 0 Å². The van der Waals surface area contributed by atoms with Crippen molar-refractivity contribution in [2.75, 3.05) is 24.6 Å². The van der Waals surface area contributed by atoms with Crippen LogP contribution in [0.1, 0.15) is 18.1 Å². The number of benzene rings is 1.